The summed E-state index contributed by atoms with van der Waals surface area (Å²) >= 11 is 17.0. The van der Waals surface area contributed by atoms with Gasteiger partial charge in [-0.1, -0.05) is 46.9 Å². The first-order chi connectivity index (χ1) is 15.9. The molecule has 0 spiro atoms. The van der Waals surface area contributed by atoms with Gasteiger partial charge in [-0.05, 0) is 30.3 Å². The van der Waals surface area contributed by atoms with Gasteiger partial charge in [0, 0.05) is 49.0 Å². The second-order valence-electron chi connectivity index (χ2n) is 7.59. The Bertz CT molecular complexity index is 1350. The maximum atomic E-state index is 14.2. The lowest BCUT2D eigenvalue weighted by atomic mass is 10.1. The molecule has 6 nitrogen and oxygen atoms in total. The van der Waals surface area contributed by atoms with Crippen molar-refractivity contribution in [2.24, 2.45) is 0 Å². The Morgan fingerprint density at radius 3 is 2.24 bits per heavy atom. The third-order valence-corrected chi connectivity index (χ3v) is 7.76. The molecule has 1 saturated heterocycles. The summed E-state index contributed by atoms with van der Waals surface area (Å²) in [5, 5.41) is 0.0206. The highest BCUT2D eigenvalue weighted by molar-refractivity contribution is 7.90. The number of carbonyl (C=O) groups is 1. The van der Waals surface area contributed by atoms with Crippen molar-refractivity contribution in [2.75, 3.05) is 31.1 Å². The molecule has 1 fully saturated rings. The number of benzene rings is 2. The number of amides is 1. The number of fused-ring (bicyclic) bond motifs is 1. The van der Waals surface area contributed by atoms with E-state index in [1.807, 2.05) is 4.90 Å². The van der Waals surface area contributed by atoms with Crippen LogP contribution in [0.15, 0.2) is 53.6 Å². The van der Waals surface area contributed by atoms with Crippen molar-refractivity contribution >= 4 is 67.3 Å². The van der Waals surface area contributed by atoms with Crippen molar-refractivity contribution in [3.05, 3.63) is 60.0 Å². The Morgan fingerprint density at radius 2 is 1.65 bits per heavy atom. The van der Waals surface area contributed by atoms with Gasteiger partial charge in [-0.3, -0.25) is 4.79 Å². The zero-order chi connectivity index (χ0) is 24.8. The Morgan fingerprint density at radius 1 is 1.00 bits per heavy atom. The number of carbonyl (C=O) groups excluding carboxylic acids is 1. The van der Waals surface area contributed by atoms with Gasteiger partial charge in [-0.2, -0.15) is 0 Å². The van der Waals surface area contributed by atoms with Crippen LogP contribution in [0, 0.1) is 5.82 Å². The minimum Gasteiger partial charge on any atom is -0.368 e. The van der Waals surface area contributed by atoms with Gasteiger partial charge in [0.25, 0.3) is 26.1 Å². The number of nitrogens with zero attached hydrogens (tertiary/aromatic N) is 3. The van der Waals surface area contributed by atoms with Gasteiger partial charge in [0.15, 0.2) is 0 Å². The van der Waals surface area contributed by atoms with Crippen molar-refractivity contribution in [3.63, 3.8) is 0 Å². The average molecular weight is 555 g/mol. The lowest BCUT2D eigenvalue weighted by Gasteiger charge is -2.37. The summed E-state index contributed by atoms with van der Waals surface area (Å²) in [6, 6.07) is 9.17. The Hall–Kier alpha value is -2.14. The summed E-state index contributed by atoms with van der Waals surface area (Å²) in [5.41, 5.74) is 0.0468. The molecule has 0 bridgehead atoms. The molecule has 3 aromatic rings. The highest BCUT2D eigenvalue weighted by atomic mass is 35.6. The molecule has 2 heterocycles. The van der Waals surface area contributed by atoms with Crippen LogP contribution in [-0.4, -0.2) is 53.2 Å². The molecule has 1 aromatic heterocycles. The van der Waals surface area contributed by atoms with Gasteiger partial charge in [0.1, 0.15) is 10.7 Å². The molecule has 0 N–H and O–H groups in total. The fraction of sp³-hybridized carbons (Fsp3) is 0.286. The summed E-state index contributed by atoms with van der Waals surface area (Å²) in [6.07, 6.45) is -2.15. The number of halogens is 6. The standard InChI is InChI=1S/C21H17Cl3F3N3O3S/c22-21(23,24)20(31)29-9-7-28(8-10-29)13-5-6-17-14(11-13)15(19(26)27)12-30(17)34(32,33)18-4-2-1-3-16(18)25/h1-6,11-12,19H,7-10H2. The zero-order valence-electron chi connectivity index (χ0n) is 17.3. The number of anilines is 1. The Kier molecular flexibility index (Phi) is 6.71. The molecule has 1 amide bonds. The summed E-state index contributed by atoms with van der Waals surface area (Å²) in [7, 11) is -4.46. The fourth-order valence-corrected chi connectivity index (χ4v) is 5.70. The molecule has 2 aromatic carbocycles. The predicted octanol–water partition coefficient (Wildman–Crippen LogP) is 4.97. The van der Waals surface area contributed by atoms with Crippen LogP contribution in [0.1, 0.15) is 12.0 Å². The molecule has 1 aliphatic heterocycles. The molecule has 0 radical (unpaired) electrons. The largest absolute Gasteiger partial charge is 0.368 e. The quantitative estimate of drug-likeness (QED) is 0.427. The van der Waals surface area contributed by atoms with Crippen LogP contribution in [-0.2, 0) is 14.8 Å². The van der Waals surface area contributed by atoms with E-state index in [2.05, 4.69) is 0 Å². The number of hydrogen-bond donors (Lipinski definition) is 0. The van der Waals surface area contributed by atoms with Gasteiger partial charge in [-0.15, -0.1) is 0 Å². The van der Waals surface area contributed by atoms with Crippen molar-refractivity contribution in [1.82, 2.24) is 8.87 Å². The molecule has 13 heteroatoms. The van der Waals surface area contributed by atoms with Crippen LogP contribution in [0.4, 0.5) is 18.9 Å². The molecule has 0 aliphatic carbocycles. The molecule has 0 atom stereocenters. The Labute approximate surface area is 208 Å². The van der Waals surface area contributed by atoms with Crippen molar-refractivity contribution < 1.29 is 26.4 Å². The third kappa shape index (κ3) is 4.56. The average Bonchev–Trinajstić information content (AvgIpc) is 3.18. The highest BCUT2D eigenvalue weighted by Crippen LogP contribution is 2.35. The van der Waals surface area contributed by atoms with Gasteiger partial charge in [-0.25, -0.2) is 25.6 Å². The lowest BCUT2D eigenvalue weighted by Crippen LogP contribution is -2.51. The highest BCUT2D eigenvalue weighted by Gasteiger charge is 2.36. The van der Waals surface area contributed by atoms with Gasteiger partial charge in [0.2, 0.25) is 0 Å². The fourth-order valence-electron chi connectivity index (χ4n) is 3.89. The first kappa shape index (κ1) is 25.0. The van der Waals surface area contributed by atoms with Crippen molar-refractivity contribution in [1.29, 1.82) is 0 Å². The second kappa shape index (κ2) is 9.14. The number of hydrogen-bond acceptors (Lipinski definition) is 4. The molecule has 0 saturated carbocycles. The van der Waals surface area contributed by atoms with Crippen LogP contribution < -0.4 is 4.90 Å². The number of aromatic nitrogens is 1. The van der Waals surface area contributed by atoms with Crippen LogP contribution in [0.3, 0.4) is 0 Å². The molecule has 4 rings (SSSR count). The summed E-state index contributed by atoms with van der Waals surface area (Å²) in [6.45, 7) is 1.18. The molecule has 0 unspecified atom stereocenters. The van der Waals surface area contributed by atoms with Crippen LogP contribution in [0.5, 0.6) is 0 Å². The minimum absolute atomic E-state index is 0.00711. The van der Waals surface area contributed by atoms with Crippen LogP contribution in [0.2, 0.25) is 0 Å². The monoisotopic (exact) mass is 553 g/mol. The van der Waals surface area contributed by atoms with Gasteiger partial charge >= 0.3 is 0 Å². The lowest BCUT2D eigenvalue weighted by molar-refractivity contribution is -0.130. The van der Waals surface area contributed by atoms with E-state index in [1.54, 1.807) is 6.07 Å². The number of piperazine rings is 1. The smallest absolute Gasteiger partial charge is 0.274 e. The normalized spacial score (nSPS) is 15.4. The van der Waals surface area contributed by atoms with E-state index in [1.165, 1.54) is 29.2 Å². The maximum absolute atomic E-state index is 14.2. The van der Waals surface area contributed by atoms with Crippen LogP contribution >= 0.6 is 34.8 Å². The SMILES string of the molecule is O=C(N1CCN(c2ccc3c(c2)c(C(F)F)cn3S(=O)(=O)c2ccccc2F)CC1)C(Cl)(Cl)Cl. The van der Waals surface area contributed by atoms with Gasteiger partial charge in [0.05, 0.1) is 5.52 Å². The van der Waals surface area contributed by atoms with E-state index in [4.69, 9.17) is 34.8 Å². The summed E-state index contributed by atoms with van der Waals surface area (Å²) in [4.78, 5) is 14.8. The molecular weight excluding hydrogens is 538 g/mol. The van der Waals surface area contributed by atoms with Gasteiger partial charge < -0.3 is 9.80 Å². The van der Waals surface area contributed by atoms with E-state index in [9.17, 15) is 26.4 Å². The Balaban J connectivity index is 1.70. The number of alkyl halides is 5. The zero-order valence-corrected chi connectivity index (χ0v) is 20.4. The second-order valence-corrected chi connectivity index (χ2v) is 11.7. The molecule has 1 aliphatic rings. The molecule has 34 heavy (non-hydrogen) atoms. The first-order valence-corrected chi connectivity index (χ1v) is 12.5. The molecular formula is C21H17Cl3F3N3O3S. The maximum Gasteiger partial charge on any atom is 0.274 e. The topological polar surface area (TPSA) is 62.6 Å². The van der Waals surface area contributed by atoms with E-state index in [0.29, 0.717) is 22.7 Å². The van der Waals surface area contributed by atoms with Crippen LogP contribution in [0.25, 0.3) is 10.9 Å². The van der Waals surface area contributed by atoms with E-state index in [0.717, 1.165) is 18.3 Å². The van der Waals surface area contributed by atoms with E-state index < -0.39 is 42.4 Å². The molecule has 182 valence electrons. The number of rotatable bonds is 4. The summed E-state index contributed by atoms with van der Waals surface area (Å²) in [5.74, 6) is -1.63. The van der Waals surface area contributed by atoms with Crippen molar-refractivity contribution in [3.8, 4) is 0 Å². The van der Waals surface area contributed by atoms with Crippen molar-refractivity contribution in [2.45, 2.75) is 15.1 Å². The minimum atomic E-state index is -4.46. The summed E-state index contributed by atoms with van der Waals surface area (Å²) < 4.78 is 66.6. The third-order valence-electron chi connectivity index (χ3n) is 5.57. The van der Waals surface area contributed by atoms with E-state index >= 15 is 0 Å². The first-order valence-electron chi connectivity index (χ1n) is 9.95. The van der Waals surface area contributed by atoms with E-state index in [-0.39, 0.29) is 24.0 Å². The predicted molar refractivity (Wildman–Crippen MR) is 125 cm³/mol.